The number of hydrogen-bond acceptors (Lipinski definition) is 3. The molecule has 1 N–H and O–H groups in total. The highest BCUT2D eigenvalue weighted by molar-refractivity contribution is 5.83. The summed E-state index contributed by atoms with van der Waals surface area (Å²) in [5.74, 6) is -0.945. The molecule has 1 heterocycles. The zero-order chi connectivity index (χ0) is 10.7. The van der Waals surface area contributed by atoms with E-state index in [1.54, 1.807) is 18.0 Å². The highest BCUT2D eigenvalue weighted by atomic mass is 16.4. The lowest BCUT2D eigenvalue weighted by Gasteiger charge is -2.36. The molecule has 0 bridgehead atoms. The molecular weight excluding hydrogens is 184 g/mol. The maximum atomic E-state index is 11.4. The summed E-state index contributed by atoms with van der Waals surface area (Å²) in [5.41, 5.74) is 0. The Kier molecular flexibility index (Phi) is 3.24. The first-order chi connectivity index (χ1) is 6.56. The minimum absolute atomic E-state index is 0.0510. The third kappa shape index (κ3) is 2.11. The van der Waals surface area contributed by atoms with Crippen molar-refractivity contribution in [2.24, 2.45) is 0 Å². The minimum Gasteiger partial charge on any atom is -0.480 e. The second kappa shape index (κ2) is 4.23. The van der Waals surface area contributed by atoms with Crippen LogP contribution < -0.4 is 0 Å². The molecule has 0 saturated carbocycles. The van der Waals surface area contributed by atoms with Crippen LogP contribution in [0.15, 0.2) is 12.7 Å². The Morgan fingerprint density at radius 2 is 2.43 bits per heavy atom. The smallest absolute Gasteiger partial charge is 0.322 e. The van der Waals surface area contributed by atoms with Gasteiger partial charge in [-0.2, -0.15) is 0 Å². The largest absolute Gasteiger partial charge is 0.480 e. The molecule has 5 nitrogen and oxygen atoms in total. The van der Waals surface area contributed by atoms with Gasteiger partial charge in [0.05, 0.1) is 6.54 Å². The van der Waals surface area contributed by atoms with Gasteiger partial charge in [-0.15, -0.1) is 6.58 Å². The normalized spacial score (nSPS) is 23.6. The second-order valence-corrected chi connectivity index (χ2v) is 3.36. The molecule has 1 amide bonds. The van der Waals surface area contributed by atoms with Crippen molar-refractivity contribution in [3.8, 4) is 0 Å². The highest BCUT2D eigenvalue weighted by Gasteiger charge is 2.33. The summed E-state index contributed by atoms with van der Waals surface area (Å²) in [7, 11) is 1.64. The zero-order valence-electron chi connectivity index (χ0n) is 8.14. The Morgan fingerprint density at radius 1 is 1.79 bits per heavy atom. The monoisotopic (exact) mass is 198 g/mol. The van der Waals surface area contributed by atoms with Crippen LogP contribution in [-0.4, -0.2) is 59.5 Å². The third-order valence-corrected chi connectivity index (χ3v) is 2.30. The molecular formula is C9H14N2O3. The average Bonchev–Trinajstić information content (AvgIpc) is 2.09. The zero-order valence-corrected chi connectivity index (χ0v) is 8.14. The molecule has 1 aliphatic heterocycles. The first-order valence-electron chi connectivity index (χ1n) is 4.38. The number of likely N-dealkylation sites (N-methyl/N-ethyl adjacent to an activating group) is 1. The van der Waals surface area contributed by atoms with Gasteiger partial charge in [0.1, 0.15) is 6.04 Å². The van der Waals surface area contributed by atoms with E-state index in [1.807, 2.05) is 0 Å². The molecule has 0 aromatic heterocycles. The van der Waals surface area contributed by atoms with E-state index in [-0.39, 0.29) is 19.0 Å². The second-order valence-electron chi connectivity index (χ2n) is 3.36. The number of carboxylic acids is 1. The van der Waals surface area contributed by atoms with Gasteiger partial charge in [0.25, 0.3) is 0 Å². The number of carboxylic acid groups (broad SMARTS) is 1. The Hall–Kier alpha value is -1.36. The van der Waals surface area contributed by atoms with E-state index in [1.165, 1.54) is 4.90 Å². The van der Waals surface area contributed by atoms with Crippen LogP contribution >= 0.6 is 0 Å². The van der Waals surface area contributed by atoms with E-state index in [9.17, 15) is 9.59 Å². The standard InChI is InChI=1S/C9H14N2O3/c1-3-4-11-5-7(9(13)14)10(2)6-8(11)12/h3,7H,1,4-6H2,2H3,(H,13,14). The highest BCUT2D eigenvalue weighted by Crippen LogP contribution is 2.08. The molecule has 1 rings (SSSR count). The third-order valence-electron chi connectivity index (χ3n) is 2.30. The first-order valence-corrected chi connectivity index (χ1v) is 4.38. The number of rotatable bonds is 3. The molecule has 0 aromatic carbocycles. The van der Waals surface area contributed by atoms with Crippen molar-refractivity contribution in [2.45, 2.75) is 6.04 Å². The van der Waals surface area contributed by atoms with Gasteiger partial charge in [0, 0.05) is 13.1 Å². The van der Waals surface area contributed by atoms with Gasteiger partial charge in [0.2, 0.25) is 5.91 Å². The van der Waals surface area contributed by atoms with E-state index in [4.69, 9.17) is 5.11 Å². The van der Waals surface area contributed by atoms with Crippen molar-refractivity contribution in [1.82, 2.24) is 9.80 Å². The molecule has 1 unspecified atom stereocenters. The SMILES string of the molecule is C=CCN1CC(C(=O)O)N(C)CC1=O. The molecule has 1 saturated heterocycles. The van der Waals surface area contributed by atoms with Crippen LogP contribution in [0.5, 0.6) is 0 Å². The van der Waals surface area contributed by atoms with Crippen LogP contribution in [-0.2, 0) is 9.59 Å². The molecule has 0 radical (unpaired) electrons. The summed E-state index contributed by atoms with van der Waals surface area (Å²) < 4.78 is 0. The number of piperazine rings is 1. The summed E-state index contributed by atoms with van der Waals surface area (Å²) in [6.07, 6.45) is 1.60. The summed E-state index contributed by atoms with van der Waals surface area (Å²) in [6, 6.07) is -0.604. The minimum atomic E-state index is -0.894. The van der Waals surface area contributed by atoms with Crippen molar-refractivity contribution >= 4 is 11.9 Å². The average molecular weight is 198 g/mol. The summed E-state index contributed by atoms with van der Waals surface area (Å²) >= 11 is 0. The van der Waals surface area contributed by atoms with Gasteiger partial charge >= 0.3 is 5.97 Å². The van der Waals surface area contributed by atoms with Gasteiger partial charge in [-0.05, 0) is 7.05 Å². The summed E-state index contributed by atoms with van der Waals surface area (Å²) in [4.78, 5) is 25.3. The fraction of sp³-hybridized carbons (Fsp3) is 0.556. The van der Waals surface area contributed by atoms with E-state index in [0.717, 1.165) is 0 Å². The maximum Gasteiger partial charge on any atom is 0.322 e. The fourth-order valence-electron chi connectivity index (χ4n) is 1.47. The van der Waals surface area contributed by atoms with Gasteiger partial charge in [0.15, 0.2) is 0 Å². The number of nitrogens with zero attached hydrogens (tertiary/aromatic N) is 2. The van der Waals surface area contributed by atoms with E-state index in [2.05, 4.69) is 6.58 Å². The lowest BCUT2D eigenvalue weighted by Crippen LogP contribution is -2.57. The molecule has 78 valence electrons. The van der Waals surface area contributed by atoms with Crippen molar-refractivity contribution in [2.75, 3.05) is 26.7 Å². The lowest BCUT2D eigenvalue weighted by molar-refractivity contribution is -0.150. The molecule has 5 heteroatoms. The predicted octanol–water partition coefficient (Wildman–Crippen LogP) is -0.600. The van der Waals surface area contributed by atoms with Crippen molar-refractivity contribution in [1.29, 1.82) is 0 Å². The topological polar surface area (TPSA) is 60.9 Å². The number of carbonyl (C=O) groups excluding carboxylic acids is 1. The van der Waals surface area contributed by atoms with Crippen LogP contribution in [0.4, 0.5) is 0 Å². The van der Waals surface area contributed by atoms with Crippen LogP contribution in [0.2, 0.25) is 0 Å². The fourth-order valence-corrected chi connectivity index (χ4v) is 1.47. The van der Waals surface area contributed by atoms with Crippen LogP contribution in [0, 0.1) is 0 Å². The molecule has 1 atom stereocenters. The van der Waals surface area contributed by atoms with E-state index >= 15 is 0 Å². The summed E-state index contributed by atoms with van der Waals surface area (Å²) in [6.45, 7) is 4.33. The first kappa shape index (κ1) is 10.7. The molecule has 0 spiro atoms. The molecule has 1 aliphatic rings. The van der Waals surface area contributed by atoms with Crippen molar-refractivity contribution in [3.05, 3.63) is 12.7 Å². The Labute approximate surface area is 82.6 Å². The van der Waals surface area contributed by atoms with Crippen molar-refractivity contribution in [3.63, 3.8) is 0 Å². The predicted molar refractivity (Wildman–Crippen MR) is 50.8 cm³/mol. The Balaban J connectivity index is 2.69. The van der Waals surface area contributed by atoms with E-state index < -0.39 is 12.0 Å². The number of hydrogen-bond donors (Lipinski definition) is 1. The lowest BCUT2D eigenvalue weighted by atomic mass is 10.2. The van der Waals surface area contributed by atoms with Crippen LogP contribution in [0.25, 0.3) is 0 Å². The van der Waals surface area contributed by atoms with Crippen LogP contribution in [0.1, 0.15) is 0 Å². The molecule has 0 aromatic rings. The van der Waals surface area contributed by atoms with Crippen molar-refractivity contribution < 1.29 is 14.7 Å². The number of carbonyl (C=O) groups is 2. The van der Waals surface area contributed by atoms with Gasteiger partial charge in [-0.3, -0.25) is 14.5 Å². The number of aliphatic carboxylic acids is 1. The molecule has 1 fully saturated rings. The maximum absolute atomic E-state index is 11.4. The Bertz CT molecular complexity index is 265. The van der Waals surface area contributed by atoms with Gasteiger partial charge < -0.3 is 10.0 Å². The van der Waals surface area contributed by atoms with Gasteiger partial charge in [-0.25, -0.2) is 0 Å². The van der Waals surface area contributed by atoms with Gasteiger partial charge in [-0.1, -0.05) is 6.08 Å². The molecule has 14 heavy (non-hydrogen) atoms. The van der Waals surface area contributed by atoms with Crippen LogP contribution in [0.3, 0.4) is 0 Å². The van der Waals surface area contributed by atoms with E-state index in [0.29, 0.717) is 6.54 Å². The quantitative estimate of drug-likeness (QED) is 0.615. The number of amides is 1. The summed E-state index contributed by atoms with van der Waals surface area (Å²) in [5, 5.41) is 8.88. The molecule has 0 aliphatic carbocycles. The Morgan fingerprint density at radius 3 is 2.93 bits per heavy atom.